The van der Waals surface area contributed by atoms with Crippen LogP contribution in [0.3, 0.4) is 0 Å². The number of carbonyl (C=O) groups excluding carboxylic acids is 2. The van der Waals surface area contributed by atoms with Crippen LogP contribution in [-0.2, 0) is 19.1 Å². The van der Waals surface area contributed by atoms with Gasteiger partial charge in [-0.3, -0.25) is 9.59 Å². The van der Waals surface area contributed by atoms with Gasteiger partial charge in [-0.25, -0.2) is 0 Å². The summed E-state index contributed by atoms with van der Waals surface area (Å²) in [6.45, 7) is 11.9. The number of esters is 2. The molecule has 318 valence electrons. The SMILES string of the molecule is C.CCCCCCCCC(CC)OC(=O)CCCCCCCN(CCO)CCCCCCCC(=O)OC(CCCCCCCC)CCCCCCCC. The van der Waals surface area contributed by atoms with E-state index in [1.807, 2.05) is 0 Å². The van der Waals surface area contributed by atoms with Crippen LogP contribution in [0.1, 0.15) is 253 Å². The van der Waals surface area contributed by atoms with Crippen LogP contribution >= 0.6 is 0 Å². The van der Waals surface area contributed by atoms with E-state index < -0.39 is 0 Å². The van der Waals surface area contributed by atoms with Gasteiger partial charge < -0.3 is 19.5 Å². The van der Waals surface area contributed by atoms with Crippen molar-refractivity contribution in [1.29, 1.82) is 0 Å². The third kappa shape index (κ3) is 38.9. The molecule has 0 aliphatic heterocycles. The lowest BCUT2D eigenvalue weighted by Gasteiger charge is -2.21. The van der Waals surface area contributed by atoms with Crippen LogP contribution in [0, 0.1) is 0 Å². The summed E-state index contributed by atoms with van der Waals surface area (Å²) in [7, 11) is 0. The van der Waals surface area contributed by atoms with Gasteiger partial charge in [-0.2, -0.15) is 0 Å². The zero-order valence-electron chi connectivity index (χ0n) is 35.6. The molecular formula is C47H95NO5. The smallest absolute Gasteiger partial charge is 0.306 e. The van der Waals surface area contributed by atoms with Crippen LogP contribution in [-0.4, -0.2) is 60.4 Å². The summed E-state index contributed by atoms with van der Waals surface area (Å²) < 4.78 is 11.8. The Labute approximate surface area is 332 Å². The van der Waals surface area contributed by atoms with Gasteiger partial charge in [0.1, 0.15) is 12.2 Å². The lowest BCUT2D eigenvalue weighted by atomic mass is 10.0. The standard InChI is InChI=1S/C46H91NO5.CH4/c1-5-9-12-15-20-27-34-43(8-4)51-45(49)37-30-23-18-25-32-39-47(41-42-48)40-33-26-19-24-31-38-46(50)52-44(35-28-21-16-13-10-6-2)36-29-22-17-14-11-7-3;/h43-44,48H,5-42H2,1-4H3;1H4. The quantitative estimate of drug-likeness (QED) is 0.0494. The van der Waals surface area contributed by atoms with Gasteiger partial charge in [0.2, 0.25) is 0 Å². The highest BCUT2D eigenvalue weighted by Crippen LogP contribution is 2.19. The number of nitrogens with zero attached hydrogens (tertiary/aromatic N) is 1. The van der Waals surface area contributed by atoms with Crippen molar-refractivity contribution in [2.24, 2.45) is 0 Å². The minimum Gasteiger partial charge on any atom is -0.462 e. The molecule has 0 aromatic rings. The van der Waals surface area contributed by atoms with Crippen molar-refractivity contribution in [1.82, 2.24) is 4.90 Å². The van der Waals surface area contributed by atoms with Crippen molar-refractivity contribution < 1.29 is 24.2 Å². The first-order chi connectivity index (χ1) is 25.5. The van der Waals surface area contributed by atoms with E-state index in [1.165, 1.54) is 128 Å². The minimum atomic E-state index is -0.0156. The molecule has 1 unspecified atom stereocenters. The van der Waals surface area contributed by atoms with E-state index in [-0.39, 0.29) is 38.2 Å². The predicted octanol–water partition coefficient (Wildman–Crippen LogP) is 14.1. The summed E-state index contributed by atoms with van der Waals surface area (Å²) >= 11 is 0. The lowest BCUT2D eigenvalue weighted by Crippen LogP contribution is -2.29. The Morgan fingerprint density at radius 3 is 1.13 bits per heavy atom. The molecule has 0 saturated carbocycles. The highest BCUT2D eigenvalue weighted by molar-refractivity contribution is 5.69. The number of carbonyl (C=O) groups is 2. The highest BCUT2D eigenvalue weighted by atomic mass is 16.5. The first-order valence-electron chi connectivity index (χ1n) is 23.2. The van der Waals surface area contributed by atoms with Crippen LogP contribution in [0.15, 0.2) is 0 Å². The second kappa shape index (κ2) is 43.6. The largest absolute Gasteiger partial charge is 0.462 e. The molecule has 0 rings (SSSR count). The third-order valence-corrected chi connectivity index (χ3v) is 10.8. The molecule has 0 aliphatic rings. The molecule has 6 nitrogen and oxygen atoms in total. The van der Waals surface area contributed by atoms with Crippen molar-refractivity contribution >= 4 is 11.9 Å². The summed E-state index contributed by atoms with van der Waals surface area (Å²) in [6.07, 6.45) is 39.3. The number of aliphatic hydroxyl groups excluding tert-OH is 1. The van der Waals surface area contributed by atoms with Crippen LogP contribution in [0.2, 0.25) is 0 Å². The maximum atomic E-state index is 12.7. The van der Waals surface area contributed by atoms with Crippen molar-refractivity contribution in [2.45, 2.75) is 266 Å². The summed E-state index contributed by atoms with van der Waals surface area (Å²) in [5.74, 6) is -0.00177. The second-order valence-corrected chi connectivity index (χ2v) is 15.9. The Morgan fingerprint density at radius 2 is 0.755 bits per heavy atom. The molecule has 0 amide bonds. The molecule has 0 bridgehead atoms. The molecule has 0 radical (unpaired) electrons. The minimum absolute atomic E-state index is 0. The van der Waals surface area contributed by atoms with E-state index in [0.29, 0.717) is 12.8 Å². The molecule has 53 heavy (non-hydrogen) atoms. The van der Waals surface area contributed by atoms with Crippen molar-refractivity contribution in [3.05, 3.63) is 0 Å². The number of aliphatic hydroxyl groups is 1. The van der Waals surface area contributed by atoms with Crippen molar-refractivity contribution in [3.8, 4) is 0 Å². The van der Waals surface area contributed by atoms with Gasteiger partial charge in [-0.15, -0.1) is 0 Å². The van der Waals surface area contributed by atoms with E-state index in [2.05, 4.69) is 32.6 Å². The monoisotopic (exact) mass is 754 g/mol. The molecule has 0 heterocycles. The Bertz CT molecular complexity index is 730. The van der Waals surface area contributed by atoms with Crippen molar-refractivity contribution in [2.75, 3.05) is 26.2 Å². The van der Waals surface area contributed by atoms with E-state index in [0.717, 1.165) is 96.7 Å². The zero-order valence-corrected chi connectivity index (χ0v) is 35.6. The molecule has 0 spiro atoms. The van der Waals surface area contributed by atoms with Gasteiger partial charge in [0.15, 0.2) is 0 Å². The fraction of sp³-hybridized carbons (Fsp3) is 0.957. The molecule has 0 fully saturated rings. The van der Waals surface area contributed by atoms with Crippen LogP contribution in [0.5, 0.6) is 0 Å². The molecule has 1 N–H and O–H groups in total. The highest BCUT2D eigenvalue weighted by Gasteiger charge is 2.15. The van der Waals surface area contributed by atoms with Gasteiger partial charge in [-0.1, -0.05) is 170 Å². The summed E-state index contributed by atoms with van der Waals surface area (Å²) in [5, 5.41) is 9.57. The molecule has 0 aromatic heterocycles. The van der Waals surface area contributed by atoms with Gasteiger partial charge in [-0.05, 0) is 83.7 Å². The number of unbranched alkanes of at least 4 members (excludes halogenated alkanes) is 23. The molecule has 1 atom stereocenters. The van der Waals surface area contributed by atoms with Crippen LogP contribution in [0.25, 0.3) is 0 Å². The Hall–Kier alpha value is -1.14. The van der Waals surface area contributed by atoms with E-state index in [1.54, 1.807) is 0 Å². The van der Waals surface area contributed by atoms with Crippen molar-refractivity contribution in [3.63, 3.8) is 0 Å². The van der Waals surface area contributed by atoms with Gasteiger partial charge in [0.25, 0.3) is 0 Å². The lowest BCUT2D eigenvalue weighted by molar-refractivity contribution is -0.150. The van der Waals surface area contributed by atoms with Gasteiger partial charge >= 0.3 is 11.9 Å². The van der Waals surface area contributed by atoms with E-state index >= 15 is 0 Å². The first-order valence-corrected chi connectivity index (χ1v) is 23.2. The predicted molar refractivity (Wildman–Crippen MR) is 230 cm³/mol. The van der Waals surface area contributed by atoms with Crippen LogP contribution < -0.4 is 0 Å². The molecule has 0 aromatic carbocycles. The maximum Gasteiger partial charge on any atom is 0.306 e. The van der Waals surface area contributed by atoms with Crippen LogP contribution in [0.4, 0.5) is 0 Å². The number of ether oxygens (including phenoxy) is 2. The number of rotatable bonds is 42. The normalized spacial score (nSPS) is 12.0. The topological polar surface area (TPSA) is 76.1 Å². The molecular weight excluding hydrogens is 659 g/mol. The maximum absolute atomic E-state index is 12.7. The summed E-state index contributed by atoms with van der Waals surface area (Å²) in [5.41, 5.74) is 0. The first kappa shape index (κ1) is 54.0. The van der Waals surface area contributed by atoms with Gasteiger partial charge in [0.05, 0.1) is 6.61 Å². The Morgan fingerprint density at radius 1 is 0.434 bits per heavy atom. The zero-order chi connectivity index (χ0) is 38.2. The number of hydrogen-bond acceptors (Lipinski definition) is 6. The Balaban J connectivity index is 0. The molecule has 6 heteroatoms. The number of hydrogen-bond donors (Lipinski definition) is 1. The average molecular weight is 754 g/mol. The summed E-state index contributed by atoms with van der Waals surface area (Å²) in [4.78, 5) is 27.4. The van der Waals surface area contributed by atoms with E-state index in [4.69, 9.17) is 9.47 Å². The van der Waals surface area contributed by atoms with E-state index in [9.17, 15) is 14.7 Å². The van der Waals surface area contributed by atoms with Gasteiger partial charge in [0, 0.05) is 19.4 Å². The Kier molecular flexibility index (Phi) is 44.4. The molecule has 0 aliphatic carbocycles. The summed E-state index contributed by atoms with van der Waals surface area (Å²) in [6, 6.07) is 0. The second-order valence-electron chi connectivity index (χ2n) is 15.9. The fourth-order valence-electron chi connectivity index (χ4n) is 7.30. The third-order valence-electron chi connectivity index (χ3n) is 10.8. The average Bonchev–Trinajstić information content (AvgIpc) is 3.14. The fourth-order valence-corrected chi connectivity index (χ4v) is 7.30. The molecule has 0 saturated heterocycles.